The van der Waals surface area contributed by atoms with Gasteiger partial charge in [0.2, 0.25) is 0 Å². The highest BCUT2D eigenvalue weighted by atomic mass is 15.1. The summed E-state index contributed by atoms with van der Waals surface area (Å²) >= 11 is 0. The molecular formula is C18H43N5. The van der Waals surface area contributed by atoms with Crippen molar-refractivity contribution in [3.63, 3.8) is 0 Å². The molecule has 0 spiro atoms. The van der Waals surface area contributed by atoms with Gasteiger partial charge >= 0.3 is 0 Å². The van der Waals surface area contributed by atoms with Gasteiger partial charge in [0.25, 0.3) is 0 Å². The normalized spacial score (nSPS) is 11.7. The first-order valence-corrected chi connectivity index (χ1v) is 9.83. The smallest absolute Gasteiger partial charge is 0.000653 e. The highest BCUT2D eigenvalue weighted by Crippen LogP contribution is 2.04. The van der Waals surface area contributed by atoms with Crippen molar-refractivity contribution in [1.29, 1.82) is 0 Å². The summed E-state index contributed by atoms with van der Waals surface area (Å²) in [6.07, 6.45) is 9.84. The molecule has 0 aliphatic heterocycles. The monoisotopic (exact) mass is 329 g/mol. The third-order valence-electron chi connectivity index (χ3n) is 4.31. The van der Waals surface area contributed by atoms with Crippen LogP contribution >= 0.6 is 0 Å². The largest absolute Gasteiger partial charge is 0.330 e. The van der Waals surface area contributed by atoms with E-state index < -0.39 is 0 Å². The first-order valence-electron chi connectivity index (χ1n) is 9.83. The fourth-order valence-corrected chi connectivity index (χ4v) is 2.90. The van der Waals surface area contributed by atoms with Crippen LogP contribution in [-0.4, -0.2) is 68.7 Å². The minimum atomic E-state index is 0.777. The lowest BCUT2D eigenvalue weighted by Crippen LogP contribution is -2.34. The van der Waals surface area contributed by atoms with Crippen LogP contribution in [0.1, 0.15) is 58.3 Å². The van der Waals surface area contributed by atoms with Gasteiger partial charge in [-0.1, -0.05) is 26.2 Å². The number of nitrogens with zero attached hydrogens (tertiary/aromatic N) is 2. The van der Waals surface area contributed by atoms with Crippen molar-refractivity contribution in [2.24, 2.45) is 17.2 Å². The summed E-state index contributed by atoms with van der Waals surface area (Å²) in [6, 6.07) is 0. The molecule has 5 heteroatoms. The van der Waals surface area contributed by atoms with Gasteiger partial charge in [-0.25, -0.2) is 0 Å². The Bertz CT molecular complexity index is 217. The first kappa shape index (κ1) is 22.8. The SMILES string of the molecule is CCCCCCN(CCCN)CCCN(CCCN)CCCN. The van der Waals surface area contributed by atoms with Crippen molar-refractivity contribution >= 4 is 0 Å². The highest BCUT2D eigenvalue weighted by molar-refractivity contribution is 4.64. The summed E-state index contributed by atoms with van der Waals surface area (Å²) in [6.45, 7) is 11.6. The molecule has 0 unspecified atom stereocenters. The van der Waals surface area contributed by atoms with E-state index >= 15 is 0 Å². The predicted octanol–water partition coefficient (Wildman–Crippen LogP) is 1.61. The zero-order valence-electron chi connectivity index (χ0n) is 15.6. The standard InChI is InChI=1S/C18H43N5/c1-2-3-4-5-13-22(14-6-10-19)17-9-18-23(15-7-11-20)16-8-12-21/h2-21H2,1H3. The first-order chi connectivity index (χ1) is 11.3. The van der Waals surface area contributed by atoms with Gasteiger partial charge in [-0.2, -0.15) is 0 Å². The molecule has 6 N–H and O–H groups in total. The Morgan fingerprint density at radius 2 is 0.870 bits per heavy atom. The second-order valence-electron chi connectivity index (χ2n) is 6.52. The fourth-order valence-electron chi connectivity index (χ4n) is 2.90. The Morgan fingerprint density at radius 1 is 0.478 bits per heavy atom. The number of rotatable bonds is 18. The molecule has 0 heterocycles. The van der Waals surface area contributed by atoms with Crippen LogP contribution in [0.25, 0.3) is 0 Å². The predicted molar refractivity (Wildman–Crippen MR) is 103 cm³/mol. The molecular weight excluding hydrogens is 286 g/mol. The molecule has 140 valence electrons. The van der Waals surface area contributed by atoms with E-state index in [1.807, 2.05) is 0 Å². The van der Waals surface area contributed by atoms with E-state index in [1.165, 1.54) is 45.2 Å². The summed E-state index contributed by atoms with van der Waals surface area (Å²) in [5.41, 5.74) is 17.0. The van der Waals surface area contributed by atoms with Crippen LogP contribution in [0.5, 0.6) is 0 Å². The number of nitrogens with two attached hydrogens (primary N) is 3. The number of unbranched alkanes of at least 4 members (excludes halogenated alkanes) is 3. The van der Waals surface area contributed by atoms with Crippen LogP contribution < -0.4 is 17.2 Å². The van der Waals surface area contributed by atoms with Gasteiger partial charge in [0, 0.05) is 0 Å². The minimum Gasteiger partial charge on any atom is -0.330 e. The maximum absolute atomic E-state index is 5.68. The van der Waals surface area contributed by atoms with Gasteiger partial charge < -0.3 is 27.0 Å². The van der Waals surface area contributed by atoms with E-state index in [1.54, 1.807) is 0 Å². The van der Waals surface area contributed by atoms with Crippen molar-refractivity contribution in [1.82, 2.24) is 9.80 Å². The van der Waals surface area contributed by atoms with Gasteiger partial charge in [-0.15, -0.1) is 0 Å². The lowest BCUT2D eigenvalue weighted by molar-refractivity contribution is 0.221. The molecule has 0 fully saturated rings. The zero-order chi connectivity index (χ0) is 17.2. The van der Waals surface area contributed by atoms with Gasteiger partial charge in [-0.3, -0.25) is 0 Å². The lowest BCUT2D eigenvalue weighted by atomic mass is 10.2. The zero-order valence-corrected chi connectivity index (χ0v) is 15.6. The molecule has 0 aromatic rings. The maximum atomic E-state index is 5.68. The van der Waals surface area contributed by atoms with Gasteiger partial charge in [-0.05, 0) is 91.0 Å². The summed E-state index contributed by atoms with van der Waals surface area (Å²) in [7, 11) is 0. The van der Waals surface area contributed by atoms with E-state index in [-0.39, 0.29) is 0 Å². The Hall–Kier alpha value is -0.200. The van der Waals surface area contributed by atoms with Crippen LogP contribution in [-0.2, 0) is 0 Å². The molecule has 0 amide bonds. The van der Waals surface area contributed by atoms with E-state index in [0.717, 1.165) is 65.1 Å². The van der Waals surface area contributed by atoms with Crippen LogP contribution in [0.2, 0.25) is 0 Å². The van der Waals surface area contributed by atoms with Crippen LogP contribution in [0.4, 0.5) is 0 Å². The molecule has 0 aliphatic rings. The second-order valence-corrected chi connectivity index (χ2v) is 6.52. The molecule has 0 rings (SSSR count). The molecule has 0 saturated heterocycles. The average molecular weight is 330 g/mol. The Labute approximate surface area is 144 Å². The molecule has 0 bridgehead atoms. The third-order valence-corrected chi connectivity index (χ3v) is 4.31. The molecule has 5 nitrogen and oxygen atoms in total. The van der Waals surface area contributed by atoms with Crippen molar-refractivity contribution in [3.05, 3.63) is 0 Å². The van der Waals surface area contributed by atoms with Crippen molar-refractivity contribution in [3.8, 4) is 0 Å². The van der Waals surface area contributed by atoms with E-state index in [2.05, 4.69) is 16.7 Å². The Kier molecular flexibility index (Phi) is 18.0. The summed E-state index contributed by atoms with van der Waals surface area (Å²) in [4.78, 5) is 5.13. The molecule has 0 saturated carbocycles. The summed E-state index contributed by atoms with van der Waals surface area (Å²) in [5.74, 6) is 0. The van der Waals surface area contributed by atoms with Crippen molar-refractivity contribution in [2.45, 2.75) is 58.3 Å². The number of hydrogen-bond acceptors (Lipinski definition) is 5. The molecule has 0 aromatic carbocycles. The Morgan fingerprint density at radius 3 is 1.26 bits per heavy atom. The molecule has 23 heavy (non-hydrogen) atoms. The van der Waals surface area contributed by atoms with Crippen molar-refractivity contribution < 1.29 is 0 Å². The maximum Gasteiger partial charge on any atom is -0.000653 e. The third kappa shape index (κ3) is 15.1. The molecule has 0 aliphatic carbocycles. The fraction of sp³-hybridized carbons (Fsp3) is 1.00. The number of hydrogen-bond donors (Lipinski definition) is 3. The topological polar surface area (TPSA) is 84.5 Å². The molecule has 0 atom stereocenters. The van der Waals surface area contributed by atoms with Gasteiger partial charge in [0.1, 0.15) is 0 Å². The van der Waals surface area contributed by atoms with Crippen LogP contribution in [0.3, 0.4) is 0 Å². The summed E-state index contributed by atoms with van der Waals surface area (Å²) in [5, 5.41) is 0. The van der Waals surface area contributed by atoms with E-state index in [4.69, 9.17) is 17.2 Å². The van der Waals surface area contributed by atoms with Crippen LogP contribution in [0.15, 0.2) is 0 Å². The lowest BCUT2D eigenvalue weighted by Gasteiger charge is -2.26. The van der Waals surface area contributed by atoms with E-state index in [9.17, 15) is 0 Å². The van der Waals surface area contributed by atoms with Crippen molar-refractivity contribution in [2.75, 3.05) is 58.9 Å². The second kappa shape index (κ2) is 18.1. The average Bonchev–Trinajstić information content (AvgIpc) is 2.57. The van der Waals surface area contributed by atoms with Crippen LogP contribution in [0, 0.1) is 0 Å². The molecule has 0 aromatic heterocycles. The minimum absolute atomic E-state index is 0.777. The highest BCUT2D eigenvalue weighted by Gasteiger charge is 2.07. The van der Waals surface area contributed by atoms with E-state index in [0.29, 0.717) is 0 Å². The summed E-state index contributed by atoms with van der Waals surface area (Å²) < 4.78 is 0. The quantitative estimate of drug-likeness (QED) is 0.333. The molecule has 0 radical (unpaired) electrons. The van der Waals surface area contributed by atoms with Gasteiger partial charge in [0.05, 0.1) is 0 Å². The van der Waals surface area contributed by atoms with Gasteiger partial charge in [0.15, 0.2) is 0 Å². The Balaban J connectivity index is 4.01.